The van der Waals surface area contributed by atoms with Gasteiger partial charge >= 0.3 is 0 Å². The molecule has 0 saturated carbocycles. The number of amides is 1. The number of hydrogen-bond donors (Lipinski definition) is 1. The fourth-order valence-corrected chi connectivity index (χ4v) is 4.04. The molecule has 0 bridgehead atoms. The van der Waals surface area contributed by atoms with Gasteiger partial charge in [0, 0.05) is 0 Å². The third-order valence-electron chi connectivity index (χ3n) is 5.65. The predicted octanol–water partition coefficient (Wildman–Crippen LogP) is 5.97. The topological polar surface area (TPSA) is 42.2 Å². The molecule has 0 saturated heterocycles. The van der Waals surface area contributed by atoms with Gasteiger partial charge in [-0.1, -0.05) is 55.5 Å². The quantitative estimate of drug-likeness (QED) is 0.532. The van der Waals surface area contributed by atoms with Crippen molar-refractivity contribution in [2.45, 2.75) is 45.1 Å². The number of carbonyl (C=O) groups is 1. The normalized spacial score (nSPS) is 14.9. The Kier molecular flexibility index (Phi) is 5.95. The summed E-state index contributed by atoms with van der Waals surface area (Å²) in [5.41, 5.74) is 5.57. The van der Waals surface area contributed by atoms with Crippen LogP contribution in [0.2, 0.25) is 0 Å². The fraction of sp³-hybridized carbons (Fsp3) is 0.269. The van der Waals surface area contributed by atoms with Crippen molar-refractivity contribution < 1.29 is 9.21 Å². The minimum Gasteiger partial charge on any atom is -0.465 e. The molecule has 0 unspecified atom stereocenters. The standard InChI is InChI=1S/C26H27NO2/c1-2-25(22-15-14-19-9-6-7-12-21(19)17-22)27-26(28)24(18-23-13-8-16-29-23)20-10-4-3-5-11-20/h3-5,8,10-11,13-18,25H,2,6-7,9,12H2,1H3,(H,27,28)/b24-18+/t25-/m0/s1. The van der Waals surface area contributed by atoms with Gasteiger partial charge in [-0.3, -0.25) is 4.79 Å². The molecule has 0 radical (unpaired) electrons. The Morgan fingerprint density at radius 3 is 2.55 bits per heavy atom. The smallest absolute Gasteiger partial charge is 0.252 e. The lowest BCUT2D eigenvalue weighted by molar-refractivity contribution is -0.116. The van der Waals surface area contributed by atoms with Crippen LogP contribution in [0.5, 0.6) is 0 Å². The molecule has 1 atom stereocenters. The van der Waals surface area contributed by atoms with Gasteiger partial charge < -0.3 is 9.73 Å². The minimum atomic E-state index is -0.0860. The lowest BCUT2D eigenvalue weighted by Gasteiger charge is -2.22. The maximum absolute atomic E-state index is 13.3. The third kappa shape index (κ3) is 4.51. The van der Waals surface area contributed by atoms with Crippen LogP contribution < -0.4 is 5.32 Å². The molecule has 0 aliphatic heterocycles. The molecule has 1 aliphatic rings. The van der Waals surface area contributed by atoms with Gasteiger partial charge in [0.1, 0.15) is 5.76 Å². The largest absolute Gasteiger partial charge is 0.465 e. The number of furan rings is 1. The molecule has 4 rings (SSSR count). The number of carbonyl (C=O) groups excluding carboxylic acids is 1. The zero-order valence-electron chi connectivity index (χ0n) is 16.9. The lowest BCUT2D eigenvalue weighted by Crippen LogP contribution is -2.29. The maximum Gasteiger partial charge on any atom is 0.252 e. The molecule has 1 aliphatic carbocycles. The van der Waals surface area contributed by atoms with Crippen LogP contribution in [0.1, 0.15) is 60.2 Å². The fourth-order valence-electron chi connectivity index (χ4n) is 4.04. The molecule has 0 fully saturated rings. The van der Waals surface area contributed by atoms with Gasteiger partial charge in [-0.05, 0) is 72.6 Å². The van der Waals surface area contributed by atoms with Gasteiger partial charge in [-0.2, -0.15) is 0 Å². The average Bonchev–Trinajstić information content (AvgIpc) is 3.29. The Morgan fingerprint density at radius 1 is 1.03 bits per heavy atom. The van der Waals surface area contributed by atoms with Crippen LogP contribution in [0.25, 0.3) is 11.6 Å². The van der Waals surface area contributed by atoms with Crippen LogP contribution in [0, 0.1) is 0 Å². The second kappa shape index (κ2) is 8.95. The molecule has 1 aromatic heterocycles. The summed E-state index contributed by atoms with van der Waals surface area (Å²) in [5, 5.41) is 3.25. The third-order valence-corrected chi connectivity index (χ3v) is 5.65. The van der Waals surface area contributed by atoms with Gasteiger partial charge in [0.2, 0.25) is 0 Å². The average molecular weight is 386 g/mol. The van der Waals surface area contributed by atoms with E-state index in [1.165, 1.54) is 36.0 Å². The molecule has 1 heterocycles. The van der Waals surface area contributed by atoms with Crippen LogP contribution in [0.3, 0.4) is 0 Å². The zero-order valence-corrected chi connectivity index (χ0v) is 16.9. The lowest BCUT2D eigenvalue weighted by atomic mass is 9.88. The number of nitrogens with one attached hydrogen (secondary N) is 1. The van der Waals surface area contributed by atoms with E-state index >= 15 is 0 Å². The predicted molar refractivity (Wildman–Crippen MR) is 117 cm³/mol. The molecule has 0 spiro atoms. The second-order valence-corrected chi connectivity index (χ2v) is 7.61. The van der Waals surface area contributed by atoms with Crippen molar-refractivity contribution in [2.24, 2.45) is 0 Å². The van der Waals surface area contributed by atoms with E-state index in [1.54, 1.807) is 6.26 Å². The number of aryl methyl sites for hydroxylation is 2. The van der Waals surface area contributed by atoms with Crippen molar-refractivity contribution in [3.05, 3.63) is 94.9 Å². The molecule has 29 heavy (non-hydrogen) atoms. The Hall–Kier alpha value is -3.07. The first-order valence-electron chi connectivity index (χ1n) is 10.5. The van der Waals surface area contributed by atoms with Crippen molar-refractivity contribution >= 4 is 17.6 Å². The van der Waals surface area contributed by atoms with E-state index in [0.717, 1.165) is 18.4 Å². The molecule has 1 amide bonds. The number of hydrogen-bond acceptors (Lipinski definition) is 2. The first-order valence-corrected chi connectivity index (χ1v) is 10.5. The Morgan fingerprint density at radius 2 is 1.83 bits per heavy atom. The van der Waals surface area contributed by atoms with Crippen molar-refractivity contribution in [1.29, 1.82) is 0 Å². The van der Waals surface area contributed by atoms with Crippen molar-refractivity contribution in [3.8, 4) is 0 Å². The van der Waals surface area contributed by atoms with Crippen LogP contribution in [0.4, 0.5) is 0 Å². The van der Waals surface area contributed by atoms with Crippen LogP contribution >= 0.6 is 0 Å². The van der Waals surface area contributed by atoms with Crippen LogP contribution in [0.15, 0.2) is 71.3 Å². The van der Waals surface area contributed by atoms with E-state index in [0.29, 0.717) is 11.3 Å². The van der Waals surface area contributed by atoms with E-state index in [1.807, 2.05) is 48.5 Å². The Bertz CT molecular complexity index is 987. The number of benzene rings is 2. The molecule has 3 aromatic rings. The SMILES string of the molecule is CC[C@H](NC(=O)/C(=C/c1ccco1)c1ccccc1)c1ccc2c(c1)CCCC2. The Balaban J connectivity index is 1.61. The summed E-state index contributed by atoms with van der Waals surface area (Å²) in [5.74, 6) is 0.581. The first-order chi connectivity index (χ1) is 14.2. The van der Waals surface area contributed by atoms with E-state index in [4.69, 9.17) is 4.42 Å². The molecule has 2 aromatic carbocycles. The summed E-state index contributed by atoms with van der Waals surface area (Å²) in [6, 6.07) is 20.1. The van der Waals surface area contributed by atoms with Gasteiger partial charge in [0.25, 0.3) is 5.91 Å². The van der Waals surface area contributed by atoms with Gasteiger partial charge in [-0.15, -0.1) is 0 Å². The van der Waals surface area contributed by atoms with Crippen molar-refractivity contribution in [3.63, 3.8) is 0 Å². The highest BCUT2D eigenvalue weighted by Gasteiger charge is 2.19. The summed E-state index contributed by atoms with van der Waals surface area (Å²) in [6.07, 6.45) is 9.11. The van der Waals surface area contributed by atoms with Crippen molar-refractivity contribution in [1.82, 2.24) is 5.32 Å². The summed E-state index contributed by atoms with van der Waals surface area (Å²) >= 11 is 0. The molecule has 148 valence electrons. The summed E-state index contributed by atoms with van der Waals surface area (Å²) in [4.78, 5) is 13.3. The highest BCUT2D eigenvalue weighted by Crippen LogP contribution is 2.27. The highest BCUT2D eigenvalue weighted by molar-refractivity contribution is 6.24. The van der Waals surface area contributed by atoms with E-state index in [9.17, 15) is 4.79 Å². The molecular formula is C26H27NO2. The van der Waals surface area contributed by atoms with Crippen molar-refractivity contribution in [2.75, 3.05) is 0 Å². The second-order valence-electron chi connectivity index (χ2n) is 7.61. The van der Waals surface area contributed by atoms with Crippen LogP contribution in [-0.2, 0) is 17.6 Å². The first kappa shape index (κ1) is 19.3. The van der Waals surface area contributed by atoms with E-state index in [-0.39, 0.29) is 11.9 Å². The minimum absolute atomic E-state index is 0.0153. The van der Waals surface area contributed by atoms with E-state index in [2.05, 4.69) is 30.4 Å². The van der Waals surface area contributed by atoms with Gasteiger partial charge in [0.15, 0.2) is 0 Å². The molecule has 1 N–H and O–H groups in total. The zero-order chi connectivity index (χ0) is 20.1. The molecular weight excluding hydrogens is 358 g/mol. The van der Waals surface area contributed by atoms with Crippen LogP contribution in [-0.4, -0.2) is 5.91 Å². The monoisotopic (exact) mass is 385 g/mol. The molecule has 3 heteroatoms. The summed E-state index contributed by atoms with van der Waals surface area (Å²) in [7, 11) is 0. The summed E-state index contributed by atoms with van der Waals surface area (Å²) in [6.45, 7) is 2.11. The number of fused-ring (bicyclic) bond motifs is 1. The molecule has 3 nitrogen and oxygen atoms in total. The Labute approximate surface area is 172 Å². The van der Waals surface area contributed by atoms with E-state index < -0.39 is 0 Å². The van der Waals surface area contributed by atoms with Gasteiger partial charge in [0.05, 0.1) is 17.9 Å². The highest BCUT2D eigenvalue weighted by atomic mass is 16.3. The summed E-state index contributed by atoms with van der Waals surface area (Å²) < 4.78 is 5.46. The number of rotatable bonds is 6. The maximum atomic E-state index is 13.3. The van der Waals surface area contributed by atoms with Gasteiger partial charge in [-0.25, -0.2) is 0 Å².